The van der Waals surface area contributed by atoms with Crippen LogP contribution in [0.2, 0.25) is 0 Å². The van der Waals surface area contributed by atoms with E-state index in [9.17, 15) is 9.59 Å². The summed E-state index contributed by atoms with van der Waals surface area (Å²) >= 11 is 0. The highest BCUT2D eigenvalue weighted by Crippen LogP contribution is 2.30. The first-order valence-corrected chi connectivity index (χ1v) is 10.1. The lowest BCUT2D eigenvalue weighted by atomic mass is 10.2. The molecule has 7 nitrogen and oxygen atoms in total. The Morgan fingerprint density at radius 1 is 1.07 bits per heavy atom. The van der Waals surface area contributed by atoms with Gasteiger partial charge in [0, 0.05) is 56.6 Å². The van der Waals surface area contributed by atoms with Crippen LogP contribution in [-0.2, 0) is 16.1 Å². The van der Waals surface area contributed by atoms with Crippen molar-refractivity contribution < 1.29 is 14.3 Å². The minimum atomic E-state index is -0.0186. The van der Waals surface area contributed by atoms with E-state index in [1.54, 1.807) is 18.3 Å². The van der Waals surface area contributed by atoms with Crippen molar-refractivity contribution in [3.63, 3.8) is 0 Å². The van der Waals surface area contributed by atoms with E-state index in [1.165, 1.54) is 0 Å². The van der Waals surface area contributed by atoms with Gasteiger partial charge in [0.25, 0.3) is 5.91 Å². The quantitative estimate of drug-likeness (QED) is 0.779. The van der Waals surface area contributed by atoms with E-state index >= 15 is 0 Å². The second-order valence-corrected chi connectivity index (χ2v) is 7.56. The molecule has 1 aromatic heterocycles. The standard InChI is InChI=1S/C22H26N4O3/c27-21(26-12-10-25(11-13-26)15-19-4-1-2-9-23-19)16-29-20-6-3-5-18(14-20)24-22(28)17-7-8-17/h1-6,9,14,17H,7-8,10-13,15-16H2,(H,24,28). The lowest BCUT2D eigenvalue weighted by Gasteiger charge is -2.34. The van der Waals surface area contributed by atoms with E-state index < -0.39 is 0 Å². The monoisotopic (exact) mass is 394 g/mol. The Bertz CT molecular complexity index is 846. The third-order valence-electron chi connectivity index (χ3n) is 5.25. The molecule has 2 amide bonds. The number of benzene rings is 1. The van der Waals surface area contributed by atoms with Gasteiger partial charge in [-0.15, -0.1) is 0 Å². The van der Waals surface area contributed by atoms with E-state index in [4.69, 9.17) is 4.74 Å². The van der Waals surface area contributed by atoms with Crippen molar-refractivity contribution in [2.24, 2.45) is 5.92 Å². The normalized spacial score (nSPS) is 17.0. The fraction of sp³-hybridized carbons (Fsp3) is 0.409. The Labute approximate surface area is 170 Å². The molecule has 0 bridgehead atoms. The molecule has 1 N–H and O–H groups in total. The number of aromatic nitrogens is 1. The maximum atomic E-state index is 12.5. The number of amides is 2. The van der Waals surface area contributed by atoms with Crippen LogP contribution >= 0.6 is 0 Å². The minimum Gasteiger partial charge on any atom is -0.484 e. The lowest BCUT2D eigenvalue weighted by Crippen LogP contribution is -2.49. The number of pyridine rings is 1. The molecular weight excluding hydrogens is 368 g/mol. The summed E-state index contributed by atoms with van der Waals surface area (Å²) < 4.78 is 5.68. The predicted octanol–water partition coefficient (Wildman–Crippen LogP) is 2.15. The molecule has 1 aliphatic heterocycles. The summed E-state index contributed by atoms with van der Waals surface area (Å²) in [5.41, 5.74) is 1.75. The van der Waals surface area contributed by atoms with Crippen molar-refractivity contribution in [2.45, 2.75) is 19.4 Å². The van der Waals surface area contributed by atoms with Crippen LogP contribution < -0.4 is 10.1 Å². The molecule has 0 spiro atoms. The average Bonchev–Trinajstić information content (AvgIpc) is 3.59. The molecule has 152 valence electrons. The molecule has 1 saturated heterocycles. The van der Waals surface area contributed by atoms with E-state index in [0.717, 1.165) is 38.2 Å². The first-order valence-electron chi connectivity index (χ1n) is 10.1. The zero-order chi connectivity index (χ0) is 20.1. The van der Waals surface area contributed by atoms with Crippen molar-refractivity contribution in [1.82, 2.24) is 14.8 Å². The zero-order valence-corrected chi connectivity index (χ0v) is 16.4. The number of hydrogen-bond donors (Lipinski definition) is 1. The zero-order valence-electron chi connectivity index (χ0n) is 16.4. The van der Waals surface area contributed by atoms with Gasteiger partial charge >= 0.3 is 0 Å². The minimum absolute atomic E-state index is 0.000263. The molecule has 2 aliphatic rings. The second kappa shape index (κ2) is 9.05. The average molecular weight is 394 g/mol. The van der Waals surface area contributed by atoms with Crippen molar-refractivity contribution in [1.29, 1.82) is 0 Å². The number of piperazine rings is 1. The van der Waals surface area contributed by atoms with Crippen molar-refractivity contribution in [3.8, 4) is 5.75 Å². The van der Waals surface area contributed by atoms with Crippen LogP contribution in [0, 0.1) is 5.92 Å². The Balaban J connectivity index is 1.21. The lowest BCUT2D eigenvalue weighted by molar-refractivity contribution is -0.135. The molecule has 4 rings (SSSR count). The van der Waals surface area contributed by atoms with Crippen molar-refractivity contribution >= 4 is 17.5 Å². The van der Waals surface area contributed by atoms with Gasteiger partial charge < -0.3 is 15.0 Å². The molecule has 1 aliphatic carbocycles. The third kappa shape index (κ3) is 5.54. The van der Waals surface area contributed by atoms with E-state index in [-0.39, 0.29) is 24.3 Å². The van der Waals surface area contributed by atoms with Crippen LogP contribution in [0.25, 0.3) is 0 Å². The van der Waals surface area contributed by atoms with E-state index in [1.807, 2.05) is 35.2 Å². The number of nitrogens with zero attached hydrogens (tertiary/aromatic N) is 3. The summed E-state index contributed by atoms with van der Waals surface area (Å²) in [4.78, 5) is 32.9. The first kappa shape index (κ1) is 19.4. The summed E-state index contributed by atoms with van der Waals surface area (Å²) in [7, 11) is 0. The van der Waals surface area contributed by atoms with Crippen molar-refractivity contribution in [3.05, 3.63) is 54.4 Å². The van der Waals surface area contributed by atoms with Crippen molar-refractivity contribution in [2.75, 3.05) is 38.1 Å². The van der Waals surface area contributed by atoms with Crippen LogP contribution in [0.3, 0.4) is 0 Å². The van der Waals surface area contributed by atoms with Gasteiger partial charge in [-0.1, -0.05) is 12.1 Å². The molecule has 0 unspecified atom stereocenters. The Hall–Kier alpha value is -2.93. The largest absolute Gasteiger partial charge is 0.484 e. The third-order valence-corrected chi connectivity index (χ3v) is 5.25. The number of rotatable bonds is 7. The fourth-order valence-electron chi connectivity index (χ4n) is 3.37. The molecule has 0 radical (unpaired) electrons. The van der Waals surface area contributed by atoms with Gasteiger partial charge in [0.15, 0.2) is 6.61 Å². The number of carbonyl (C=O) groups is 2. The molecule has 2 fully saturated rings. The highest BCUT2D eigenvalue weighted by atomic mass is 16.5. The molecule has 2 heterocycles. The molecule has 0 atom stereocenters. The highest BCUT2D eigenvalue weighted by Gasteiger charge is 2.29. The fourth-order valence-corrected chi connectivity index (χ4v) is 3.37. The van der Waals surface area contributed by atoms with Crippen LogP contribution in [-0.4, -0.2) is 59.4 Å². The number of ether oxygens (including phenoxy) is 1. The van der Waals surface area contributed by atoms with E-state index in [0.29, 0.717) is 24.5 Å². The summed E-state index contributed by atoms with van der Waals surface area (Å²) in [6.45, 7) is 3.83. The molecule has 2 aromatic rings. The van der Waals surface area contributed by atoms with Gasteiger partial charge in [-0.05, 0) is 37.1 Å². The molecular formula is C22H26N4O3. The summed E-state index contributed by atoms with van der Waals surface area (Å²) in [6, 6.07) is 13.1. The topological polar surface area (TPSA) is 74.8 Å². The van der Waals surface area contributed by atoms with Gasteiger partial charge in [-0.3, -0.25) is 19.5 Å². The van der Waals surface area contributed by atoms with Crippen LogP contribution in [0.4, 0.5) is 5.69 Å². The van der Waals surface area contributed by atoms with Gasteiger partial charge in [0.1, 0.15) is 5.75 Å². The molecule has 7 heteroatoms. The highest BCUT2D eigenvalue weighted by molar-refractivity contribution is 5.94. The number of carbonyl (C=O) groups excluding carboxylic acids is 2. The SMILES string of the molecule is O=C(Nc1cccc(OCC(=O)N2CCN(Cc3ccccn3)CC2)c1)C1CC1. The van der Waals surface area contributed by atoms with Crippen LogP contribution in [0.15, 0.2) is 48.7 Å². The maximum Gasteiger partial charge on any atom is 0.260 e. The summed E-state index contributed by atoms with van der Waals surface area (Å²) in [5.74, 6) is 0.773. The predicted molar refractivity (Wildman–Crippen MR) is 109 cm³/mol. The summed E-state index contributed by atoms with van der Waals surface area (Å²) in [6.07, 6.45) is 3.73. The Kier molecular flexibility index (Phi) is 6.05. The first-order chi connectivity index (χ1) is 14.2. The molecule has 1 aromatic carbocycles. The van der Waals surface area contributed by atoms with Gasteiger partial charge in [0.2, 0.25) is 5.91 Å². The van der Waals surface area contributed by atoms with Crippen LogP contribution in [0.5, 0.6) is 5.75 Å². The molecule has 29 heavy (non-hydrogen) atoms. The number of anilines is 1. The van der Waals surface area contributed by atoms with E-state index in [2.05, 4.69) is 15.2 Å². The Morgan fingerprint density at radius 3 is 2.62 bits per heavy atom. The molecule has 1 saturated carbocycles. The smallest absolute Gasteiger partial charge is 0.260 e. The second-order valence-electron chi connectivity index (χ2n) is 7.56. The van der Waals surface area contributed by atoms with Gasteiger partial charge in [-0.25, -0.2) is 0 Å². The number of hydrogen-bond acceptors (Lipinski definition) is 5. The Morgan fingerprint density at radius 2 is 1.90 bits per heavy atom. The number of nitrogens with one attached hydrogen (secondary N) is 1. The maximum absolute atomic E-state index is 12.5. The summed E-state index contributed by atoms with van der Waals surface area (Å²) in [5, 5.41) is 2.90. The van der Waals surface area contributed by atoms with Gasteiger partial charge in [0.05, 0.1) is 5.69 Å². The van der Waals surface area contributed by atoms with Crippen LogP contribution in [0.1, 0.15) is 18.5 Å². The van der Waals surface area contributed by atoms with Gasteiger partial charge in [-0.2, -0.15) is 0 Å².